The van der Waals surface area contributed by atoms with E-state index in [9.17, 15) is 0 Å². The fraction of sp³-hybridized carbons (Fsp3) is 0.786. The van der Waals surface area contributed by atoms with E-state index in [1.54, 1.807) is 6.33 Å². The van der Waals surface area contributed by atoms with Gasteiger partial charge in [0.25, 0.3) is 0 Å². The molecule has 112 valence electrons. The van der Waals surface area contributed by atoms with Gasteiger partial charge in [0.2, 0.25) is 0 Å². The Morgan fingerprint density at radius 2 is 2.40 bits per heavy atom. The van der Waals surface area contributed by atoms with Gasteiger partial charge in [-0.05, 0) is 18.8 Å². The molecule has 1 fully saturated rings. The van der Waals surface area contributed by atoms with Crippen molar-refractivity contribution in [3.63, 3.8) is 0 Å². The molecule has 6 heteroatoms. The molecule has 0 aliphatic carbocycles. The standard InChI is InChI=1S/C14H26N6/c1-4-13-18-17-11-20(13)9-7-16-14(15-3)19-8-5-6-12(2)10-19/h11-12H,4-10H2,1-3H3,(H,15,16). The summed E-state index contributed by atoms with van der Waals surface area (Å²) >= 11 is 0. The van der Waals surface area contributed by atoms with Gasteiger partial charge in [-0.25, -0.2) is 0 Å². The number of aromatic nitrogens is 3. The fourth-order valence-electron chi connectivity index (χ4n) is 2.74. The van der Waals surface area contributed by atoms with Crippen LogP contribution in [0.25, 0.3) is 0 Å². The molecule has 1 N–H and O–H groups in total. The summed E-state index contributed by atoms with van der Waals surface area (Å²) in [5.41, 5.74) is 0. The summed E-state index contributed by atoms with van der Waals surface area (Å²) in [4.78, 5) is 6.76. The van der Waals surface area contributed by atoms with E-state index in [4.69, 9.17) is 0 Å². The molecular weight excluding hydrogens is 252 g/mol. The van der Waals surface area contributed by atoms with E-state index in [2.05, 4.69) is 43.8 Å². The first-order valence-electron chi connectivity index (χ1n) is 7.56. The molecule has 1 aromatic heterocycles. The fourth-order valence-corrected chi connectivity index (χ4v) is 2.74. The SMILES string of the molecule is CCc1nncn1CCNC(=NC)N1CCCC(C)C1. The minimum atomic E-state index is 0.756. The van der Waals surface area contributed by atoms with E-state index in [1.165, 1.54) is 12.8 Å². The molecule has 2 rings (SSSR count). The Kier molecular flexibility index (Phi) is 5.38. The summed E-state index contributed by atoms with van der Waals surface area (Å²) in [5.74, 6) is 2.81. The van der Waals surface area contributed by atoms with Gasteiger partial charge in [0.1, 0.15) is 12.2 Å². The highest BCUT2D eigenvalue weighted by Gasteiger charge is 2.18. The predicted molar refractivity (Wildman–Crippen MR) is 80.7 cm³/mol. The molecule has 20 heavy (non-hydrogen) atoms. The summed E-state index contributed by atoms with van der Waals surface area (Å²) in [6, 6.07) is 0. The Morgan fingerprint density at radius 1 is 1.55 bits per heavy atom. The van der Waals surface area contributed by atoms with Gasteiger partial charge in [0.15, 0.2) is 5.96 Å². The molecule has 2 heterocycles. The minimum absolute atomic E-state index is 0.756. The van der Waals surface area contributed by atoms with Crippen molar-refractivity contribution in [3.05, 3.63) is 12.2 Å². The summed E-state index contributed by atoms with van der Waals surface area (Å²) in [7, 11) is 1.86. The molecule has 1 unspecified atom stereocenters. The Labute approximate surface area is 121 Å². The first-order valence-corrected chi connectivity index (χ1v) is 7.56. The molecule has 1 aliphatic heterocycles. The van der Waals surface area contributed by atoms with Crippen molar-refractivity contribution in [1.82, 2.24) is 25.0 Å². The number of guanidine groups is 1. The third-order valence-corrected chi connectivity index (χ3v) is 3.82. The minimum Gasteiger partial charge on any atom is -0.354 e. The van der Waals surface area contributed by atoms with Gasteiger partial charge < -0.3 is 14.8 Å². The number of hydrogen-bond donors (Lipinski definition) is 1. The number of aliphatic imine (C=N–C) groups is 1. The number of rotatable bonds is 4. The molecular formula is C14H26N6. The van der Waals surface area contributed by atoms with Crippen LogP contribution in [0, 0.1) is 5.92 Å². The average Bonchev–Trinajstić information content (AvgIpc) is 2.91. The summed E-state index contributed by atoms with van der Waals surface area (Å²) in [6.45, 7) is 8.34. The second-order valence-electron chi connectivity index (χ2n) is 5.46. The van der Waals surface area contributed by atoms with E-state index in [-0.39, 0.29) is 0 Å². The normalized spacial score (nSPS) is 20.2. The highest BCUT2D eigenvalue weighted by molar-refractivity contribution is 5.79. The van der Waals surface area contributed by atoms with Crippen LogP contribution in [0.2, 0.25) is 0 Å². The van der Waals surface area contributed by atoms with E-state index in [0.717, 1.165) is 50.3 Å². The van der Waals surface area contributed by atoms with Crippen molar-refractivity contribution >= 4 is 5.96 Å². The van der Waals surface area contributed by atoms with Crippen molar-refractivity contribution in [3.8, 4) is 0 Å². The lowest BCUT2D eigenvalue weighted by Gasteiger charge is -2.33. The van der Waals surface area contributed by atoms with Crippen LogP contribution in [0.4, 0.5) is 0 Å². The first-order chi connectivity index (χ1) is 9.74. The molecule has 6 nitrogen and oxygen atoms in total. The smallest absolute Gasteiger partial charge is 0.193 e. The molecule has 0 radical (unpaired) electrons. The maximum Gasteiger partial charge on any atom is 0.193 e. The number of hydrogen-bond acceptors (Lipinski definition) is 3. The van der Waals surface area contributed by atoms with Crippen molar-refractivity contribution in [1.29, 1.82) is 0 Å². The summed E-state index contributed by atoms with van der Waals surface area (Å²) in [6.07, 6.45) is 5.30. The van der Waals surface area contributed by atoms with Gasteiger partial charge in [0, 0.05) is 39.6 Å². The topological polar surface area (TPSA) is 58.3 Å². The molecule has 1 atom stereocenters. The Hall–Kier alpha value is -1.59. The Balaban J connectivity index is 1.82. The number of piperidine rings is 1. The number of aryl methyl sites for hydroxylation is 1. The Bertz CT molecular complexity index is 439. The zero-order chi connectivity index (χ0) is 14.4. The number of likely N-dealkylation sites (tertiary alicyclic amines) is 1. The second-order valence-corrected chi connectivity index (χ2v) is 5.46. The quantitative estimate of drug-likeness (QED) is 0.663. The molecule has 0 aromatic carbocycles. The molecule has 0 bridgehead atoms. The third kappa shape index (κ3) is 3.71. The van der Waals surface area contributed by atoms with Crippen LogP contribution in [-0.4, -0.2) is 52.3 Å². The zero-order valence-corrected chi connectivity index (χ0v) is 12.8. The van der Waals surface area contributed by atoms with Crippen molar-refractivity contribution in [2.75, 3.05) is 26.7 Å². The van der Waals surface area contributed by atoms with Gasteiger partial charge in [-0.1, -0.05) is 13.8 Å². The van der Waals surface area contributed by atoms with Crippen LogP contribution in [0.5, 0.6) is 0 Å². The molecule has 0 saturated carbocycles. The molecule has 0 spiro atoms. The van der Waals surface area contributed by atoms with Crippen LogP contribution in [-0.2, 0) is 13.0 Å². The number of nitrogens with zero attached hydrogens (tertiary/aromatic N) is 5. The first kappa shape index (κ1) is 14.8. The Morgan fingerprint density at radius 3 is 3.10 bits per heavy atom. The van der Waals surface area contributed by atoms with E-state index < -0.39 is 0 Å². The summed E-state index contributed by atoms with van der Waals surface area (Å²) < 4.78 is 2.10. The van der Waals surface area contributed by atoms with Gasteiger partial charge in [-0.2, -0.15) is 0 Å². The van der Waals surface area contributed by atoms with Crippen LogP contribution in [0.3, 0.4) is 0 Å². The van der Waals surface area contributed by atoms with E-state index in [1.807, 2.05) is 7.05 Å². The molecule has 1 aliphatic rings. The molecule has 1 aromatic rings. The van der Waals surface area contributed by atoms with Gasteiger partial charge in [0.05, 0.1) is 0 Å². The van der Waals surface area contributed by atoms with Crippen LogP contribution < -0.4 is 5.32 Å². The summed E-state index contributed by atoms with van der Waals surface area (Å²) in [5, 5.41) is 11.5. The highest BCUT2D eigenvalue weighted by Crippen LogP contribution is 2.15. The maximum atomic E-state index is 4.40. The third-order valence-electron chi connectivity index (χ3n) is 3.82. The van der Waals surface area contributed by atoms with Crippen molar-refractivity contribution in [2.45, 2.75) is 39.7 Å². The van der Waals surface area contributed by atoms with Crippen molar-refractivity contribution in [2.24, 2.45) is 10.9 Å². The number of nitrogens with one attached hydrogen (secondary N) is 1. The van der Waals surface area contributed by atoms with Crippen LogP contribution in [0.1, 0.15) is 32.5 Å². The lowest BCUT2D eigenvalue weighted by atomic mass is 10.0. The zero-order valence-electron chi connectivity index (χ0n) is 12.8. The monoisotopic (exact) mass is 278 g/mol. The molecule has 1 saturated heterocycles. The average molecular weight is 278 g/mol. The van der Waals surface area contributed by atoms with Gasteiger partial charge in [-0.15, -0.1) is 10.2 Å². The lowest BCUT2D eigenvalue weighted by Crippen LogP contribution is -2.46. The van der Waals surface area contributed by atoms with Gasteiger partial charge >= 0.3 is 0 Å². The van der Waals surface area contributed by atoms with E-state index in [0.29, 0.717) is 0 Å². The second kappa shape index (κ2) is 7.26. The lowest BCUT2D eigenvalue weighted by molar-refractivity contribution is 0.266. The largest absolute Gasteiger partial charge is 0.354 e. The van der Waals surface area contributed by atoms with Gasteiger partial charge in [-0.3, -0.25) is 4.99 Å². The van der Waals surface area contributed by atoms with Crippen LogP contribution >= 0.6 is 0 Å². The predicted octanol–water partition coefficient (Wildman–Crippen LogP) is 1.15. The maximum absolute atomic E-state index is 4.40. The van der Waals surface area contributed by atoms with Crippen LogP contribution in [0.15, 0.2) is 11.3 Å². The van der Waals surface area contributed by atoms with E-state index >= 15 is 0 Å². The highest BCUT2D eigenvalue weighted by atomic mass is 15.3. The van der Waals surface area contributed by atoms with Crippen molar-refractivity contribution < 1.29 is 0 Å². The molecule has 0 amide bonds.